The predicted octanol–water partition coefficient (Wildman–Crippen LogP) is 4.03. The van der Waals surface area contributed by atoms with Crippen LogP contribution in [0.25, 0.3) is 0 Å². The topological polar surface area (TPSA) is 26.0 Å². The van der Waals surface area contributed by atoms with Gasteiger partial charge in [-0.3, -0.25) is 0 Å². The van der Waals surface area contributed by atoms with Crippen LogP contribution < -0.4 is 5.73 Å². The second-order valence-electron chi connectivity index (χ2n) is 5.37. The van der Waals surface area contributed by atoms with Gasteiger partial charge in [-0.15, -0.1) is 0 Å². The lowest BCUT2D eigenvalue weighted by atomic mass is 9.79. The highest BCUT2D eigenvalue weighted by atomic mass is 14.7. The first kappa shape index (κ1) is 13.2. The van der Waals surface area contributed by atoms with Gasteiger partial charge in [0, 0.05) is 5.54 Å². The summed E-state index contributed by atoms with van der Waals surface area (Å²) < 4.78 is 0. The first-order chi connectivity index (χ1) is 7.39. The quantitative estimate of drug-likeness (QED) is 0.813. The lowest BCUT2D eigenvalue weighted by Gasteiger charge is -2.32. The largest absolute Gasteiger partial charge is 0.321 e. The summed E-state index contributed by atoms with van der Waals surface area (Å²) in [6, 6.07) is 8.77. The lowest BCUT2D eigenvalue weighted by Crippen LogP contribution is -2.39. The normalized spacial score (nSPS) is 17.2. The average molecular weight is 219 g/mol. The van der Waals surface area contributed by atoms with Gasteiger partial charge < -0.3 is 5.73 Å². The summed E-state index contributed by atoms with van der Waals surface area (Å²) in [5.41, 5.74) is 8.82. The molecule has 0 heterocycles. The monoisotopic (exact) mass is 219 g/mol. The van der Waals surface area contributed by atoms with Crippen LogP contribution in [-0.2, 0) is 5.54 Å². The molecule has 1 heteroatoms. The minimum atomic E-state index is -0.218. The molecular formula is C15H25N. The highest BCUT2D eigenvalue weighted by molar-refractivity contribution is 5.29. The molecule has 90 valence electrons. The summed E-state index contributed by atoms with van der Waals surface area (Å²) in [6.07, 6.45) is 1.11. The number of benzene rings is 1. The van der Waals surface area contributed by atoms with Crippen molar-refractivity contribution < 1.29 is 0 Å². The van der Waals surface area contributed by atoms with E-state index in [9.17, 15) is 0 Å². The molecule has 16 heavy (non-hydrogen) atoms. The van der Waals surface area contributed by atoms with E-state index in [0.29, 0.717) is 11.8 Å². The van der Waals surface area contributed by atoms with Gasteiger partial charge in [0.2, 0.25) is 0 Å². The summed E-state index contributed by atoms with van der Waals surface area (Å²) in [5.74, 6) is 1.08. The molecule has 1 nitrogen and oxygen atoms in total. The molecule has 0 saturated carbocycles. The molecule has 0 saturated heterocycles. The maximum atomic E-state index is 6.42. The number of hydrogen-bond donors (Lipinski definition) is 1. The van der Waals surface area contributed by atoms with E-state index in [2.05, 4.69) is 58.9 Å². The third kappa shape index (κ3) is 2.65. The van der Waals surface area contributed by atoms with Crippen LogP contribution in [-0.4, -0.2) is 0 Å². The average Bonchev–Trinajstić information content (AvgIpc) is 2.28. The standard InChI is InChI=1S/C15H25N/c1-6-12(4)15(5,16)14-9-7-13(8-10-14)11(2)3/h7-12H,6,16H2,1-5H3. The third-order valence-electron chi connectivity index (χ3n) is 3.84. The summed E-state index contributed by atoms with van der Waals surface area (Å²) >= 11 is 0. The zero-order valence-electron chi connectivity index (χ0n) is 11.2. The molecule has 2 unspecified atom stereocenters. The van der Waals surface area contributed by atoms with Crippen LogP contribution in [0.15, 0.2) is 24.3 Å². The van der Waals surface area contributed by atoms with E-state index < -0.39 is 0 Å². The molecule has 2 N–H and O–H groups in total. The molecule has 0 aliphatic heterocycles. The van der Waals surface area contributed by atoms with Gasteiger partial charge in [-0.2, -0.15) is 0 Å². The number of nitrogens with two attached hydrogens (primary N) is 1. The van der Waals surface area contributed by atoms with Crippen LogP contribution in [0.5, 0.6) is 0 Å². The second-order valence-corrected chi connectivity index (χ2v) is 5.37. The minimum absolute atomic E-state index is 0.218. The van der Waals surface area contributed by atoms with Crippen LogP contribution in [0.1, 0.15) is 58.1 Å². The molecule has 1 aromatic rings. The van der Waals surface area contributed by atoms with Gasteiger partial charge >= 0.3 is 0 Å². The van der Waals surface area contributed by atoms with E-state index in [1.807, 2.05) is 0 Å². The van der Waals surface area contributed by atoms with Crippen molar-refractivity contribution in [1.29, 1.82) is 0 Å². The molecule has 0 aromatic heterocycles. The third-order valence-corrected chi connectivity index (χ3v) is 3.84. The van der Waals surface area contributed by atoms with Gasteiger partial charge in [0.05, 0.1) is 0 Å². The summed E-state index contributed by atoms with van der Waals surface area (Å²) in [6.45, 7) is 11.0. The van der Waals surface area contributed by atoms with Crippen LogP contribution in [0.2, 0.25) is 0 Å². The van der Waals surface area contributed by atoms with Crippen LogP contribution in [0, 0.1) is 5.92 Å². The Hall–Kier alpha value is -0.820. The Morgan fingerprint density at radius 2 is 1.62 bits per heavy atom. The van der Waals surface area contributed by atoms with Crippen LogP contribution >= 0.6 is 0 Å². The first-order valence-electron chi connectivity index (χ1n) is 6.28. The van der Waals surface area contributed by atoms with E-state index in [1.54, 1.807) is 0 Å². The lowest BCUT2D eigenvalue weighted by molar-refractivity contribution is 0.316. The predicted molar refractivity (Wildman–Crippen MR) is 71.5 cm³/mol. The highest BCUT2D eigenvalue weighted by Gasteiger charge is 2.27. The first-order valence-corrected chi connectivity index (χ1v) is 6.28. The summed E-state index contributed by atoms with van der Waals surface area (Å²) in [5, 5.41) is 0. The van der Waals surface area contributed by atoms with E-state index in [1.165, 1.54) is 11.1 Å². The van der Waals surface area contributed by atoms with Crippen molar-refractivity contribution in [1.82, 2.24) is 0 Å². The molecule has 0 aliphatic carbocycles. The zero-order chi connectivity index (χ0) is 12.3. The Bertz CT molecular complexity index is 322. The van der Waals surface area contributed by atoms with Gasteiger partial charge in [-0.25, -0.2) is 0 Å². The molecule has 0 radical (unpaired) electrons. The molecule has 2 atom stereocenters. The van der Waals surface area contributed by atoms with E-state index in [0.717, 1.165) is 6.42 Å². The molecule has 0 fully saturated rings. The Balaban J connectivity index is 2.97. The van der Waals surface area contributed by atoms with Crippen molar-refractivity contribution in [2.24, 2.45) is 11.7 Å². The molecule has 0 aliphatic rings. The van der Waals surface area contributed by atoms with Gasteiger partial charge in [-0.05, 0) is 29.9 Å². The Kier molecular flexibility index (Phi) is 4.15. The van der Waals surface area contributed by atoms with Crippen molar-refractivity contribution in [3.05, 3.63) is 35.4 Å². The van der Waals surface area contributed by atoms with Crippen molar-refractivity contribution in [2.75, 3.05) is 0 Å². The van der Waals surface area contributed by atoms with Gasteiger partial charge in [0.25, 0.3) is 0 Å². The van der Waals surface area contributed by atoms with E-state index in [-0.39, 0.29) is 5.54 Å². The molecule has 0 spiro atoms. The number of rotatable bonds is 4. The van der Waals surface area contributed by atoms with Crippen molar-refractivity contribution >= 4 is 0 Å². The molecule has 0 bridgehead atoms. The Labute approximate surface area is 100 Å². The van der Waals surface area contributed by atoms with Crippen LogP contribution in [0.3, 0.4) is 0 Å². The second kappa shape index (κ2) is 5.01. The van der Waals surface area contributed by atoms with Gasteiger partial charge in [0.1, 0.15) is 0 Å². The maximum Gasteiger partial charge on any atom is 0.0406 e. The maximum absolute atomic E-state index is 6.42. The Morgan fingerprint density at radius 3 is 2.00 bits per heavy atom. The SMILES string of the molecule is CCC(C)C(C)(N)c1ccc(C(C)C)cc1. The van der Waals surface area contributed by atoms with Crippen molar-refractivity contribution in [3.8, 4) is 0 Å². The Morgan fingerprint density at radius 1 is 1.12 bits per heavy atom. The summed E-state index contributed by atoms with van der Waals surface area (Å²) in [4.78, 5) is 0. The minimum Gasteiger partial charge on any atom is -0.321 e. The van der Waals surface area contributed by atoms with Crippen molar-refractivity contribution in [2.45, 2.75) is 52.5 Å². The fourth-order valence-electron chi connectivity index (χ4n) is 1.94. The van der Waals surface area contributed by atoms with Crippen LogP contribution in [0.4, 0.5) is 0 Å². The number of hydrogen-bond acceptors (Lipinski definition) is 1. The van der Waals surface area contributed by atoms with Gasteiger partial charge in [0.15, 0.2) is 0 Å². The molecule has 1 rings (SSSR count). The highest BCUT2D eigenvalue weighted by Crippen LogP contribution is 2.29. The smallest absolute Gasteiger partial charge is 0.0406 e. The molecule has 1 aromatic carbocycles. The van der Waals surface area contributed by atoms with E-state index >= 15 is 0 Å². The van der Waals surface area contributed by atoms with Gasteiger partial charge in [-0.1, -0.05) is 58.4 Å². The van der Waals surface area contributed by atoms with Crippen molar-refractivity contribution in [3.63, 3.8) is 0 Å². The fraction of sp³-hybridized carbons (Fsp3) is 0.600. The van der Waals surface area contributed by atoms with E-state index in [4.69, 9.17) is 5.73 Å². The zero-order valence-corrected chi connectivity index (χ0v) is 11.2. The molecule has 0 amide bonds. The fourth-order valence-corrected chi connectivity index (χ4v) is 1.94. The summed E-state index contributed by atoms with van der Waals surface area (Å²) in [7, 11) is 0. The molecular weight excluding hydrogens is 194 g/mol.